The molecule has 3 nitrogen and oxygen atoms in total. The van der Waals surface area contributed by atoms with Crippen LogP contribution in [-0.4, -0.2) is 17.6 Å². The zero-order chi connectivity index (χ0) is 11.0. The van der Waals surface area contributed by atoms with Crippen LogP contribution in [0, 0.1) is 5.82 Å². The predicted molar refractivity (Wildman–Crippen MR) is 54.2 cm³/mol. The van der Waals surface area contributed by atoms with Gasteiger partial charge in [0.05, 0.1) is 12.6 Å². The van der Waals surface area contributed by atoms with Crippen LogP contribution in [0.4, 0.5) is 4.39 Å². The van der Waals surface area contributed by atoms with Crippen molar-refractivity contribution in [3.63, 3.8) is 0 Å². The SMILES string of the molecule is COC(=O)c1cc2ccc(F)cc2n1C. The van der Waals surface area contributed by atoms with E-state index in [2.05, 4.69) is 4.74 Å². The van der Waals surface area contributed by atoms with E-state index in [1.165, 1.54) is 19.2 Å². The highest BCUT2D eigenvalue weighted by Gasteiger charge is 2.13. The van der Waals surface area contributed by atoms with E-state index in [1.807, 2.05) is 0 Å². The lowest BCUT2D eigenvalue weighted by molar-refractivity contribution is 0.0590. The Morgan fingerprint density at radius 2 is 2.13 bits per heavy atom. The molecule has 0 atom stereocenters. The van der Waals surface area contributed by atoms with Crippen LogP contribution < -0.4 is 0 Å². The van der Waals surface area contributed by atoms with Gasteiger partial charge in [-0.2, -0.15) is 0 Å². The number of methoxy groups -OCH3 is 1. The van der Waals surface area contributed by atoms with E-state index in [0.717, 1.165) is 5.39 Å². The van der Waals surface area contributed by atoms with Crippen LogP contribution in [0.25, 0.3) is 10.9 Å². The molecule has 0 bridgehead atoms. The second kappa shape index (κ2) is 3.38. The molecule has 4 heteroatoms. The van der Waals surface area contributed by atoms with E-state index in [-0.39, 0.29) is 5.82 Å². The molecule has 0 radical (unpaired) electrons. The van der Waals surface area contributed by atoms with E-state index in [4.69, 9.17) is 0 Å². The van der Waals surface area contributed by atoms with Crippen molar-refractivity contribution in [3.8, 4) is 0 Å². The van der Waals surface area contributed by atoms with Gasteiger partial charge in [0.2, 0.25) is 0 Å². The van der Waals surface area contributed by atoms with Crippen molar-refractivity contribution in [2.24, 2.45) is 7.05 Å². The molecule has 78 valence electrons. The number of carbonyl (C=O) groups excluding carboxylic acids is 1. The summed E-state index contributed by atoms with van der Waals surface area (Å²) in [5.41, 5.74) is 1.09. The van der Waals surface area contributed by atoms with Crippen molar-refractivity contribution >= 4 is 16.9 Å². The summed E-state index contributed by atoms with van der Waals surface area (Å²) in [5.74, 6) is -0.741. The summed E-state index contributed by atoms with van der Waals surface area (Å²) >= 11 is 0. The van der Waals surface area contributed by atoms with Gasteiger partial charge in [-0.05, 0) is 24.3 Å². The number of esters is 1. The topological polar surface area (TPSA) is 31.2 Å². The molecule has 0 aliphatic carbocycles. The van der Waals surface area contributed by atoms with Gasteiger partial charge in [-0.3, -0.25) is 0 Å². The van der Waals surface area contributed by atoms with Crippen LogP contribution in [0.1, 0.15) is 10.5 Å². The Hall–Kier alpha value is -1.84. The molecule has 0 spiro atoms. The van der Waals surface area contributed by atoms with Crippen molar-refractivity contribution < 1.29 is 13.9 Å². The van der Waals surface area contributed by atoms with Gasteiger partial charge in [-0.1, -0.05) is 0 Å². The van der Waals surface area contributed by atoms with Gasteiger partial charge >= 0.3 is 5.97 Å². The molecule has 1 heterocycles. The Morgan fingerprint density at radius 3 is 2.80 bits per heavy atom. The quantitative estimate of drug-likeness (QED) is 0.670. The van der Waals surface area contributed by atoms with Crippen molar-refractivity contribution in [2.75, 3.05) is 7.11 Å². The average molecular weight is 207 g/mol. The van der Waals surface area contributed by atoms with Gasteiger partial charge in [0.25, 0.3) is 0 Å². The molecule has 0 saturated carbocycles. The van der Waals surface area contributed by atoms with E-state index in [9.17, 15) is 9.18 Å². The highest BCUT2D eigenvalue weighted by Crippen LogP contribution is 2.20. The predicted octanol–water partition coefficient (Wildman–Crippen LogP) is 2.10. The number of aromatic nitrogens is 1. The van der Waals surface area contributed by atoms with E-state index >= 15 is 0 Å². The van der Waals surface area contributed by atoms with Gasteiger partial charge in [0.15, 0.2) is 0 Å². The first-order valence-corrected chi connectivity index (χ1v) is 4.47. The maximum atomic E-state index is 13.0. The summed E-state index contributed by atoms with van der Waals surface area (Å²) in [6, 6.07) is 6.07. The van der Waals surface area contributed by atoms with Crippen LogP contribution in [0.2, 0.25) is 0 Å². The Morgan fingerprint density at radius 1 is 1.40 bits per heavy atom. The molecular formula is C11H10FNO2. The van der Waals surface area contributed by atoms with E-state index in [0.29, 0.717) is 11.2 Å². The van der Waals surface area contributed by atoms with Crippen molar-refractivity contribution in [3.05, 3.63) is 35.8 Å². The second-order valence-electron chi connectivity index (χ2n) is 3.28. The van der Waals surface area contributed by atoms with E-state index in [1.54, 1.807) is 23.7 Å². The van der Waals surface area contributed by atoms with Crippen LogP contribution in [0.5, 0.6) is 0 Å². The van der Waals surface area contributed by atoms with Crippen LogP contribution >= 0.6 is 0 Å². The third-order valence-corrected chi connectivity index (χ3v) is 2.40. The minimum absolute atomic E-state index is 0.319. The number of hydrogen-bond acceptors (Lipinski definition) is 2. The largest absolute Gasteiger partial charge is 0.464 e. The standard InChI is InChI=1S/C11H10FNO2/c1-13-9-6-8(12)4-3-7(9)5-10(13)11(14)15-2/h3-6H,1-2H3. The summed E-state index contributed by atoms with van der Waals surface area (Å²) in [7, 11) is 3.02. The smallest absolute Gasteiger partial charge is 0.354 e. The normalized spacial score (nSPS) is 10.6. The fraction of sp³-hybridized carbons (Fsp3) is 0.182. The summed E-state index contributed by atoms with van der Waals surface area (Å²) in [6.07, 6.45) is 0. The molecule has 0 amide bonds. The summed E-state index contributed by atoms with van der Waals surface area (Å²) < 4.78 is 19.2. The first-order valence-electron chi connectivity index (χ1n) is 4.47. The zero-order valence-corrected chi connectivity index (χ0v) is 8.45. The number of ether oxygens (including phenoxy) is 1. The maximum Gasteiger partial charge on any atom is 0.354 e. The number of halogens is 1. The molecule has 0 saturated heterocycles. The average Bonchev–Trinajstić information content (AvgIpc) is 2.55. The van der Waals surface area contributed by atoms with Gasteiger partial charge < -0.3 is 9.30 Å². The molecule has 0 aliphatic rings. The first-order chi connectivity index (χ1) is 7.13. The van der Waals surface area contributed by atoms with Gasteiger partial charge in [-0.25, -0.2) is 9.18 Å². The van der Waals surface area contributed by atoms with Crippen LogP contribution in [0.3, 0.4) is 0 Å². The molecule has 1 aromatic carbocycles. The molecule has 2 aromatic rings. The lowest BCUT2D eigenvalue weighted by Gasteiger charge is -2.01. The number of aryl methyl sites for hydroxylation is 1. The molecule has 15 heavy (non-hydrogen) atoms. The molecule has 0 unspecified atom stereocenters. The highest BCUT2D eigenvalue weighted by molar-refractivity contribution is 5.95. The third kappa shape index (κ3) is 1.48. The highest BCUT2D eigenvalue weighted by atomic mass is 19.1. The monoisotopic (exact) mass is 207 g/mol. The van der Waals surface area contributed by atoms with Gasteiger partial charge in [0, 0.05) is 12.4 Å². The second-order valence-corrected chi connectivity index (χ2v) is 3.28. The molecule has 0 N–H and O–H groups in total. The van der Waals surface area contributed by atoms with Gasteiger partial charge in [0.1, 0.15) is 11.5 Å². The zero-order valence-electron chi connectivity index (χ0n) is 8.45. The Bertz CT molecular complexity index is 531. The number of fused-ring (bicyclic) bond motifs is 1. The lowest BCUT2D eigenvalue weighted by Crippen LogP contribution is -2.06. The molecule has 2 rings (SSSR count). The van der Waals surface area contributed by atoms with Gasteiger partial charge in [-0.15, -0.1) is 0 Å². The van der Waals surface area contributed by atoms with Crippen LogP contribution in [0.15, 0.2) is 24.3 Å². The maximum absolute atomic E-state index is 13.0. The number of hydrogen-bond donors (Lipinski definition) is 0. The summed E-state index contributed by atoms with van der Waals surface area (Å²) in [6.45, 7) is 0. The van der Waals surface area contributed by atoms with Crippen molar-refractivity contribution in [1.29, 1.82) is 0 Å². The fourth-order valence-electron chi connectivity index (χ4n) is 1.60. The minimum Gasteiger partial charge on any atom is -0.464 e. The van der Waals surface area contributed by atoms with E-state index < -0.39 is 5.97 Å². The lowest BCUT2D eigenvalue weighted by atomic mass is 10.2. The minimum atomic E-state index is -0.422. The molecule has 0 aliphatic heterocycles. The fourth-order valence-corrected chi connectivity index (χ4v) is 1.60. The number of nitrogens with zero attached hydrogens (tertiary/aromatic N) is 1. The summed E-state index contributed by atoms with van der Waals surface area (Å²) in [4.78, 5) is 11.4. The number of rotatable bonds is 1. The molecule has 0 fully saturated rings. The molecular weight excluding hydrogens is 197 g/mol. The summed E-state index contributed by atoms with van der Waals surface area (Å²) in [5, 5.41) is 0.819. The number of carbonyl (C=O) groups is 1. The Balaban J connectivity index is 2.69. The third-order valence-electron chi connectivity index (χ3n) is 2.40. The Kier molecular flexibility index (Phi) is 2.19. The van der Waals surface area contributed by atoms with Crippen LogP contribution in [-0.2, 0) is 11.8 Å². The molecule has 1 aromatic heterocycles. The first kappa shape index (κ1) is 9.71. The number of benzene rings is 1. The van der Waals surface area contributed by atoms with Crippen molar-refractivity contribution in [2.45, 2.75) is 0 Å². The van der Waals surface area contributed by atoms with Crippen molar-refractivity contribution in [1.82, 2.24) is 4.57 Å². The Labute approximate surface area is 86.1 Å².